The number of rotatable bonds is 4. The molecule has 2 N–H and O–H groups in total. The molecule has 2 rings (SSSR count). The van der Waals surface area contributed by atoms with Gasteiger partial charge in [-0.1, -0.05) is 6.07 Å². The SMILES string of the molecule is CN(Cc1ccc(N)cc1C(F)(F)F)CC1CCCCO1. The average molecular weight is 302 g/mol. The summed E-state index contributed by atoms with van der Waals surface area (Å²) < 4.78 is 44.7. The average Bonchev–Trinajstić information content (AvgIpc) is 2.40. The highest BCUT2D eigenvalue weighted by Gasteiger charge is 2.33. The molecule has 6 heteroatoms. The Hall–Kier alpha value is -1.27. The summed E-state index contributed by atoms with van der Waals surface area (Å²) >= 11 is 0. The van der Waals surface area contributed by atoms with Crippen molar-refractivity contribution < 1.29 is 17.9 Å². The second kappa shape index (κ2) is 6.66. The number of benzene rings is 1. The zero-order valence-electron chi connectivity index (χ0n) is 12.1. The fourth-order valence-electron chi connectivity index (χ4n) is 2.65. The molecule has 0 spiro atoms. The molecule has 1 atom stereocenters. The molecule has 1 saturated heterocycles. The molecule has 1 heterocycles. The van der Waals surface area contributed by atoms with E-state index in [2.05, 4.69) is 0 Å². The molecule has 0 saturated carbocycles. The molecule has 0 aromatic heterocycles. The van der Waals surface area contributed by atoms with Gasteiger partial charge in [0, 0.05) is 25.4 Å². The number of ether oxygens (including phenoxy) is 1. The van der Waals surface area contributed by atoms with E-state index < -0.39 is 11.7 Å². The van der Waals surface area contributed by atoms with Gasteiger partial charge in [0.2, 0.25) is 0 Å². The normalized spacial score (nSPS) is 20.0. The van der Waals surface area contributed by atoms with Crippen molar-refractivity contribution in [2.24, 2.45) is 0 Å². The molecular formula is C15H21F3N2O. The highest BCUT2D eigenvalue weighted by atomic mass is 19.4. The van der Waals surface area contributed by atoms with Crippen LogP contribution in [0.1, 0.15) is 30.4 Å². The first kappa shape index (κ1) is 16.1. The van der Waals surface area contributed by atoms with E-state index in [0.717, 1.165) is 31.9 Å². The number of alkyl halides is 3. The standard InChI is InChI=1S/C15H21F3N2O/c1-20(10-13-4-2-3-7-21-13)9-11-5-6-12(19)8-14(11)15(16,17)18/h5-6,8,13H,2-4,7,9-10,19H2,1H3. The van der Waals surface area contributed by atoms with Crippen LogP contribution in [0.4, 0.5) is 18.9 Å². The molecule has 1 unspecified atom stereocenters. The lowest BCUT2D eigenvalue weighted by Crippen LogP contribution is -2.33. The summed E-state index contributed by atoms with van der Waals surface area (Å²) in [4.78, 5) is 1.87. The molecule has 1 aliphatic rings. The van der Waals surface area contributed by atoms with Crippen LogP contribution in [0.3, 0.4) is 0 Å². The van der Waals surface area contributed by atoms with Gasteiger partial charge in [-0.25, -0.2) is 0 Å². The molecule has 1 fully saturated rings. The second-order valence-electron chi connectivity index (χ2n) is 5.60. The van der Waals surface area contributed by atoms with E-state index in [1.165, 1.54) is 12.1 Å². The van der Waals surface area contributed by atoms with Gasteiger partial charge in [0.1, 0.15) is 0 Å². The lowest BCUT2D eigenvalue weighted by Gasteiger charge is -2.28. The Bertz CT molecular complexity index is 470. The maximum Gasteiger partial charge on any atom is 0.416 e. The third-order valence-electron chi connectivity index (χ3n) is 3.67. The van der Waals surface area contributed by atoms with Crippen molar-refractivity contribution >= 4 is 5.69 Å². The van der Waals surface area contributed by atoms with Crippen molar-refractivity contribution in [2.45, 2.75) is 38.1 Å². The molecule has 0 aliphatic carbocycles. The van der Waals surface area contributed by atoms with Crippen molar-refractivity contribution in [3.63, 3.8) is 0 Å². The monoisotopic (exact) mass is 302 g/mol. The number of hydrogen-bond acceptors (Lipinski definition) is 3. The van der Waals surface area contributed by atoms with E-state index in [9.17, 15) is 13.2 Å². The van der Waals surface area contributed by atoms with Crippen molar-refractivity contribution in [2.75, 3.05) is 25.9 Å². The van der Waals surface area contributed by atoms with E-state index in [0.29, 0.717) is 6.54 Å². The minimum Gasteiger partial charge on any atom is -0.399 e. The molecule has 21 heavy (non-hydrogen) atoms. The van der Waals surface area contributed by atoms with Crippen LogP contribution in [0.15, 0.2) is 18.2 Å². The molecule has 1 aromatic carbocycles. The summed E-state index contributed by atoms with van der Waals surface area (Å²) in [6.07, 6.45) is -1.11. The number of nitrogens with two attached hydrogens (primary N) is 1. The van der Waals surface area contributed by atoms with Crippen LogP contribution in [0.5, 0.6) is 0 Å². The first-order valence-corrected chi connectivity index (χ1v) is 7.12. The Morgan fingerprint density at radius 2 is 2.10 bits per heavy atom. The Balaban J connectivity index is 2.04. The van der Waals surface area contributed by atoms with Crippen LogP contribution in [0.2, 0.25) is 0 Å². The van der Waals surface area contributed by atoms with Crippen molar-refractivity contribution in [1.82, 2.24) is 4.90 Å². The predicted octanol–water partition coefficient (Wildman–Crippen LogP) is 3.29. The zero-order valence-corrected chi connectivity index (χ0v) is 12.1. The van der Waals surface area contributed by atoms with E-state index in [1.807, 2.05) is 11.9 Å². The van der Waals surface area contributed by atoms with Crippen molar-refractivity contribution in [3.8, 4) is 0 Å². The minimum absolute atomic E-state index is 0.117. The van der Waals surface area contributed by atoms with E-state index in [-0.39, 0.29) is 23.9 Å². The molecule has 118 valence electrons. The Morgan fingerprint density at radius 3 is 2.71 bits per heavy atom. The quantitative estimate of drug-likeness (QED) is 0.867. The van der Waals surface area contributed by atoms with Gasteiger partial charge < -0.3 is 10.5 Å². The van der Waals surface area contributed by atoms with Crippen molar-refractivity contribution in [3.05, 3.63) is 29.3 Å². The fraction of sp³-hybridized carbons (Fsp3) is 0.600. The van der Waals surface area contributed by atoms with Crippen LogP contribution in [-0.4, -0.2) is 31.2 Å². The second-order valence-corrected chi connectivity index (χ2v) is 5.60. The van der Waals surface area contributed by atoms with Gasteiger partial charge in [-0.2, -0.15) is 13.2 Å². The summed E-state index contributed by atoms with van der Waals surface area (Å²) in [5.41, 5.74) is 5.19. The summed E-state index contributed by atoms with van der Waals surface area (Å²) in [5, 5.41) is 0. The Morgan fingerprint density at radius 1 is 1.33 bits per heavy atom. The maximum absolute atomic E-state index is 13.0. The topological polar surface area (TPSA) is 38.5 Å². The first-order chi connectivity index (χ1) is 9.86. The van der Waals surface area contributed by atoms with Crippen molar-refractivity contribution in [1.29, 1.82) is 0 Å². The summed E-state index contributed by atoms with van der Waals surface area (Å²) in [6.45, 7) is 1.62. The lowest BCUT2D eigenvalue weighted by atomic mass is 10.0. The molecule has 1 aromatic rings. The Labute approximate surface area is 122 Å². The molecular weight excluding hydrogens is 281 g/mol. The number of likely N-dealkylation sites (N-methyl/N-ethyl adjacent to an activating group) is 1. The maximum atomic E-state index is 13.0. The third kappa shape index (κ3) is 4.61. The molecule has 3 nitrogen and oxygen atoms in total. The number of anilines is 1. The number of hydrogen-bond donors (Lipinski definition) is 1. The number of halogens is 3. The molecule has 0 radical (unpaired) electrons. The molecule has 1 aliphatic heterocycles. The van der Waals surface area contributed by atoms with E-state index in [1.54, 1.807) is 0 Å². The van der Waals surface area contributed by atoms with Gasteiger partial charge in [-0.3, -0.25) is 4.90 Å². The molecule has 0 bridgehead atoms. The van der Waals surface area contributed by atoms with Gasteiger partial charge in [-0.05, 0) is 44.0 Å². The third-order valence-corrected chi connectivity index (χ3v) is 3.67. The van der Waals surface area contributed by atoms with E-state index in [4.69, 9.17) is 10.5 Å². The highest BCUT2D eigenvalue weighted by Crippen LogP contribution is 2.33. The van der Waals surface area contributed by atoms with Gasteiger partial charge in [0.15, 0.2) is 0 Å². The zero-order chi connectivity index (χ0) is 15.5. The summed E-state index contributed by atoms with van der Waals surface area (Å²) in [5.74, 6) is 0. The Kier molecular flexibility index (Phi) is 5.11. The highest BCUT2D eigenvalue weighted by molar-refractivity contribution is 5.46. The van der Waals surface area contributed by atoms with Crippen LogP contribution in [0.25, 0.3) is 0 Å². The van der Waals surface area contributed by atoms with E-state index >= 15 is 0 Å². The first-order valence-electron chi connectivity index (χ1n) is 7.12. The number of nitrogens with zero attached hydrogens (tertiary/aromatic N) is 1. The van der Waals surface area contributed by atoms with Gasteiger partial charge >= 0.3 is 6.18 Å². The van der Waals surface area contributed by atoms with Gasteiger partial charge in [0.05, 0.1) is 11.7 Å². The minimum atomic E-state index is -4.38. The molecule has 0 amide bonds. The fourth-order valence-corrected chi connectivity index (χ4v) is 2.65. The number of nitrogen functional groups attached to an aromatic ring is 1. The summed E-state index contributed by atoms with van der Waals surface area (Å²) in [6, 6.07) is 3.96. The van der Waals surface area contributed by atoms with Gasteiger partial charge in [-0.15, -0.1) is 0 Å². The lowest BCUT2D eigenvalue weighted by molar-refractivity contribution is -0.138. The smallest absolute Gasteiger partial charge is 0.399 e. The summed E-state index contributed by atoms with van der Waals surface area (Å²) in [7, 11) is 1.81. The van der Waals surface area contributed by atoms with Crippen LogP contribution in [0, 0.1) is 0 Å². The van der Waals surface area contributed by atoms with Gasteiger partial charge in [0.25, 0.3) is 0 Å². The van der Waals surface area contributed by atoms with Crippen LogP contribution in [-0.2, 0) is 17.5 Å². The predicted molar refractivity (Wildman–Crippen MR) is 75.8 cm³/mol. The van der Waals surface area contributed by atoms with Crippen LogP contribution < -0.4 is 5.73 Å². The largest absolute Gasteiger partial charge is 0.416 e. The van der Waals surface area contributed by atoms with Crippen LogP contribution >= 0.6 is 0 Å².